The summed E-state index contributed by atoms with van der Waals surface area (Å²) in [6.07, 6.45) is 0.352. The van der Waals surface area contributed by atoms with Crippen molar-refractivity contribution >= 4 is 34.1 Å². The number of thiazole rings is 1. The minimum absolute atomic E-state index is 0.0409. The van der Waals surface area contributed by atoms with E-state index in [4.69, 9.17) is 0 Å². The summed E-state index contributed by atoms with van der Waals surface area (Å²) in [7, 11) is 0. The maximum atomic E-state index is 12.4. The number of amides is 1. The van der Waals surface area contributed by atoms with Crippen molar-refractivity contribution in [3.63, 3.8) is 0 Å². The number of hydrogen-bond donors (Lipinski definition) is 1. The number of carbonyl (C=O) groups is 1. The van der Waals surface area contributed by atoms with E-state index < -0.39 is 0 Å². The lowest BCUT2D eigenvalue weighted by atomic mass is 10.0. The minimum atomic E-state index is -0.0409. The van der Waals surface area contributed by atoms with Crippen LogP contribution in [0, 0.1) is 13.8 Å². The molecular weight excluding hydrogens is 372 g/mol. The van der Waals surface area contributed by atoms with Crippen LogP contribution < -0.4 is 5.32 Å². The van der Waals surface area contributed by atoms with Crippen LogP contribution in [0.5, 0.6) is 0 Å². The average Bonchev–Trinajstić information content (AvgIpc) is 3.04. The third-order valence-corrected chi connectivity index (χ3v) is 5.84. The first-order valence-electron chi connectivity index (χ1n) is 8.99. The van der Waals surface area contributed by atoms with E-state index in [0.29, 0.717) is 16.8 Å². The van der Waals surface area contributed by atoms with Crippen LogP contribution in [0.2, 0.25) is 0 Å². The van der Waals surface area contributed by atoms with Crippen molar-refractivity contribution in [3.8, 4) is 11.3 Å². The first kappa shape index (κ1) is 19.6. The van der Waals surface area contributed by atoms with E-state index in [1.807, 2.05) is 29.3 Å². The Morgan fingerprint density at radius 1 is 1.15 bits per heavy atom. The highest BCUT2D eigenvalue weighted by Crippen LogP contribution is 2.28. The van der Waals surface area contributed by atoms with Gasteiger partial charge in [0.05, 0.1) is 12.1 Å². The summed E-state index contributed by atoms with van der Waals surface area (Å²) < 4.78 is 0. The van der Waals surface area contributed by atoms with Gasteiger partial charge in [-0.1, -0.05) is 49.7 Å². The first-order chi connectivity index (χ1) is 12.9. The summed E-state index contributed by atoms with van der Waals surface area (Å²) >= 11 is 3.28. The predicted molar refractivity (Wildman–Crippen MR) is 117 cm³/mol. The predicted octanol–water partition coefficient (Wildman–Crippen LogP) is 6.11. The fraction of sp³-hybridized carbons (Fsp3) is 0.273. The number of aryl methyl sites for hydroxylation is 2. The van der Waals surface area contributed by atoms with Crippen LogP contribution in [0.25, 0.3) is 11.3 Å². The second kappa shape index (κ2) is 8.72. The molecule has 3 nitrogen and oxygen atoms in total. The molecule has 0 unspecified atom stereocenters. The molecule has 0 saturated carbocycles. The molecule has 0 radical (unpaired) electrons. The Labute approximate surface area is 169 Å². The van der Waals surface area contributed by atoms with Crippen LogP contribution in [0.15, 0.2) is 52.7 Å². The molecule has 3 aromatic rings. The van der Waals surface area contributed by atoms with Crippen LogP contribution >= 0.6 is 23.1 Å². The van der Waals surface area contributed by atoms with Gasteiger partial charge in [0, 0.05) is 21.1 Å². The Bertz CT molecular complexity index is 930. The fourth-order valence-corrected chi connectivity index (χ4v) is 4.43. The summed E-state index contributed by atoms with van der Waals surface area (Å²) in [5, 5.41) is 6.10. The Hall–Kier alpha value is -2.11. The Balaban J connectivity index is 1.62. The SMILES string of the molecule is Cc1ccc(-c2csc(NC(=O)Cc3ccc(SC(C)C)cc3)n2)c(C)c1. The van der Waals surface area contributed by atoms with Crippen molar-refractivity contribution < 1.29 is 4.79 Å². The lowest BCUT2D eigenvalue weighted by Crippen LogP contribution is -2.14. The normalized spacial score (nSPS) is 11.0. The number of thioether (sulfide) groups is 1. The van der Waals surface area contributed by atoms with Crippen LogP contribution in [-0.4, -0.2) is 16.1 Å². The lowest BCUT2D eigenvalue weighted by Gasteiger charge is -2.06. The van der Waals surface area contributed by atoms with Crippen LogP contribution in [0.1, 0.15) is 30.5 Å². The molecule has 0 aliphatic heterocycles. The van der Waals surface area contributed by atoms with Crippen molar-refractivity contribution in [2.24, 2.45) is 0 Å². The highest BCUT2D eigenvalue weighted by Gasteiger charge is 2.10. The Kier molecular flexibility index (Phi) is 6.34. The maximum Gasteiger partial charge on any atom is 0.230 e. The van der Waals surface area contributed by atoms with E-state index in [1.54, 1.807) is 0 Å². The Morgan fingerprint density at radius 3 is 2.56 bits per heavy atom. The fourth-order valence-electron chi connectivity index (χ4n) is 2.86. The maximum absolute atomic E-state index is 12.4. The molecular formula is C22H24N2OS2. The topological polar surface area (TPSA) is 42.0 Å². The molecule has 0 saturated heterocycles. The minimum Gasteiger partial charge on any atom is -0.302 e. The largest absolute Gasteiger partial charge is 0.302 e. The van der Waals surface area contributed by atoms with Crippen LogP contribution in [0.3, 0.4) is 0 Å². The standard InChI is InChI=1S/C22H24N2OS2/c1-14(2)27-18-8-6-17(7-9-18)12-21(25)24-22-23-20(13-26-22)19-10-5-15(3)11-16(19)4/h5-11,13-14H,12H2,1-4H3,(H,23,24,25). The van der Waals surface area contributed by atoms with Gasteiger partial charge in [0.1, 0.15) is 0 Å². The van der Waals surface area contributed by atoms with Crippen LogP contribution in [0.4, 0.5) is 5.13 Å². The summed E-state index contributed by atoms with van der Waals surface area (Å²) in [6, 6.07) is 14.5. The summed E-state index contributed by atoms with van der Waals surface area (Å²) in [6.45, 7) is 8.51. The van der Waals surface area contributed by atoms with Gasteiger partial charge in [-0.25, -0.2) is 4.98 Å². The summed E-state index contributed by atoms with van der Waals surface area (Å²) in [5.74, 6) is -0.0409. The van der Waals surface area contributed by atoms with Crippen LogP contribution in [-0.2, 0) is 11.2 Å². The van der Waals surface area contributed by atoms with Gasteiger partial charge in [0.2, 0.25) is 5.91 Å². The van der Waals surface area contributed by atoms with Gasteiger partial charge in [-0.2, -0.15) is 0 Å². The number of carbonyl (C=O) groups excluding carboxylic acids is 1. The molecule has 0 spiro atoms. The third kappa shape index (κ3) is 5.44. The highest BCUT2D eigenvalue weighted by molar-refractivity contribution is 7.99. The molecule has 1 amide bonds. The Morgan fingerprint density at radius 2 is 1.89 bits per heavy atom. The smallest absolute Gasteiger partial charge is 0.230 e. The average molecular weight is 397 g/mol. The van der Waals surface area contributed by atoms with E-state index >= 15 is 0 Å². The molecule has 3 rings (SSSR count). The number of nitrogens with one attached hydrogen (secondary N) is 1. The highest BCUT2D eigenvalue weighted by atomic mass is 32.2. The zero-order valence-electron chi connectivity index (χ0n) is 16.1. The number of hydrogen-bond acceptors (Lipinski definition) is 4. The molecule has 0 aliphatic rings. The van der Waals surface area contributed by atoms with Gasteiger partial charge in [0.15, 0.2) is 5.13 Å². The molecule has 2 aromatic carbocycles. The molecule has 0 bridgehead atoms. The number of aromatic nitrogens is 1. The van der Waals surface area contributed by atoms with E-state index in [-0.39, 0.29) is 5.91 Å². The van der Waals surface area contributed by atoms with Gasteiger partial charge >= 0.3 is 0 Å². The van der Waals surface area contributed by atoms with E-state index in [2.05, 4.69) is 68.3 Å². The lowest BCUT2D eigenvalue weighted by molar-refractivity contribution is -0.115. The number of benzene rings is 2. The van der Waals surface area contributed by atoms with Crippen molar-refractivity contribution in [2.75, 3.05) is 5.32 Å². The molecule has 0 atom stereocenters. The summed E-state index contributed by atoms with van der Waals surface area (Å²) in [4.78, 5) is 18.2. The zero-order chi connectivity index (χ0) is 19.4. The molecule has 1 N–H and O–H groups in total. The van der Waals surface area contributed by atoms with Gasteiger partial charge in [-0.05, 0) is 37.1 Å². The van der Waals surface area contributed by atoms with E-state index in [1.165, 1.54) is 27.4 Å². The number of rotatable bonds is 6. The number of anilines is 1. The van der Waals surface area contributed by atoms with Crippen molar-refractivity contribution in [2.45, 2.75) is 44.3 Å². The third-order valence-electron chi connectivity index (χ3n) is 4.07. The first-order valence-corrected chi connectivity index (χ1v) is 10.8. The zero-order valence-corrected chi connectivity index (χ0v) is 17.7. The van der Waals surface area contributed by atoms with E-state index in [0.717, 1.165) is 16.8 Å². The van der Waals surface area contributed by atoms with Gasteiger partial charge in [-0.15, -0.1) is 23.1 Å². The van der Waals surface area contributed by atoms with Gasteiger partial charge in [-0.3, -0.25) is 4.79 Å². The molecule has 5 heteroatoms. The molecule has 1 aromatic heterocycles. The summed E-state index contributed by atoms with van der Waals surface area (Å²) in [5.41, 5.74) is 5.44. The monoisotopic (exact) mass is 396 g/mol. The molecule has 0 fully saturated rings. The molecule has 1 heterocycles. The van der Waals surface area contributed by atoms with Crippen molar-refractivity contribution in [1.29, 1.82) is 0 Å². The second-order valence-corrected chi connectivity index (χ2v) is 9.40. The quantitative estimate of drug-likeness (QED) is 0.511. The number of nitrogens with zero attached hydrogens (tertiary/aromatic N) is 1. The second-order valence-electron chi connectivity index (χ2n) is 6.89. The van der Waals surface area contributed by atoms with Crippen molar-refractivity contribution in [3.05, 3.63) is 64.5 Å². The van der Waals surface area contributed by atoms with Gasteiger partial charge < -0.3 is 5.32 Å². The molecule has 27 heavy (non-hydrogen) atoms. The molecule has 0 aliphatic carbocycles. The van der Waals surface area contributed by atoms with E-state index in [9.17, 15) is 4.79 Å². The molecule has 140 valence electrons. The van der Waals surface area contributed by atoms with Crippen molar-refractivity contribution in [1.82, 2.24) is 4.98 Å². The van der Waals surface area contributed by atoms with Gasteiger partial charge in [0.25, 0.3) is 0 Å².